The molecule has 1 aromatic rings. The van der Waals surface area contributed by atoms with Crippen LogP contribution in [0.25, 0.3) is 0 Å². The predicted molar refractivity (Wildman–Crippen MR) is 82.3 cm³/mol. The molecule has 0 radical (unpaired) electrons. The smallest absolute Gasteiger partial charge is 0.335 e. The number of hydrogen-bond donors (Lipinski definition) is 3. The molecule has 6 nitrogen and oxygen atoms in total. The van der Waals surface area contributed by atoms with E-state index in [0.29, 0.717) is 18.8 Å². The van der Waals surface area contributed by atoms with Crippen molar-refractivity contribution in [2.75, 3.05) is 18.4 Å². The van der Waals surface area contributed by atoms with Crippen molar-refractivity contribution in [2.24, 2.45) is 0 Å². The van der Waals surface area contributed by atoms with Crippen LogP contribution in [0.3, 0.4) is 0 Å². The molecule has 0 saturated heterocycles. The summed E-state index contributed by atoms with van der Waals surface area (Å²) in [5.41, 5.74) is 0.374. The molecule has 1 aromatic carbocycles. The monoisotopic (exact) mass is 314 g/mol. The van der Waals surface area contributed by atoms with E-state index < -0.39 is 16.0 Å². The van der Waals surface area contributed by atoms with Crippen LogP contribution in [0.4, 0.5) is 5.69 Å². The number of carboxylic acids is 1. The predicted octanol–water partition coefficient (Wildman–Crippen LogP) is 2.29. The van der Waals surface area contributed by atoms with Crippen molar-refractivity contribution in [1.82, 2.24) is 4.72 Å². The van der Waals surface area contributed by atoms with E-state index in [9.17, 15) is 13.2 Å². The van der Waals surface area contributed by atoms with Gasteiger partial charge in [-0.3, -0.25) is 0 Å². The number of rotatable bonds is 9. The molecular weight excluding hydrogens is 292 g/mol. The Labute approximate surface area is 125 Å². The summed E-state index contributed by atoms with van der Waals surface area (Å²) in [7, 11) is -3.73. The fourth-order valence-corrected chi connectivity index (χ4v) is 3.02. The topological polar surface area (TPSA) is 95.5 Å². The minimum absolute atomic E-state index is 0.0213. The van der Waals surface area contributed by atoms with Gasteiger partial charge in [0.1, 0.15) is 4.90 Å². The number of aromatic carboxylic acids is 1. The van der Waals surface area contributed by atoms with Gasteiger partial charge in [0.15, 0.2) is 0 Å². The van der Waals surface area contributed by atoms with Gasteiger partial charge in [-0.2, -0.15) is 0 Å². The Bertz CT molecular complexity index is 585. The van der Waals surface area contributed by atoms with Gasteiger partial charge in [0.25, 0.3) is 0 Å². The second kappa shape index (κ2) is 7.99. The lowest BCUT2D eigenvalue weighted by Gasteiger charge is -2.13. The number of carbonyl (C=O) groups is 1. The third kappa shape index (κ3) is 5.02. The summed E-state index contributed by atoms with van der Waals surface area (Å²) >= 11 is 0. The van der Waals surface area contributed by atoms with Gasteiger partial charge in [-0.25, -0.2) is 17.9 Å². The first-order valence-corrected chi connectivity index (χ1v) is 8.51. The van der Waals surface area contributed by atoms with Crippen molar-refractivity contribution in [2.45, 2.75) is 38.0 Å². The lowest BCUT2D eigenvalue weighted by atomic mass is 10.2. The van der Waals surface area contributed by atoms with Gasteiger partial charge in [-0.05, 0) is 31.0 Å². The molecule has 0 fully saturated rings. The summed E-state index contributed by atoms with van der Waals surface area (Å²) in [5, 5.41) is 12.0. The average Bonchev–Trinajstić information content (AvgIpc) is 2.45. The Balaban J connectivity index is 3.14. The van der Waals surface area contributed by atoms with Crippen molar-refractivity contribution < 1.29 is 18.3 Å². The molecule has 3 N–H and O–H groups in total. The lowest BCUT2D eigenvalue weighted by molar-refractivity contribution is 0.0696. The molecule has 21 heavy (non-hydrogen) atoms. The van der Waals surface area contributed by atoms with E-state index >= 15 is 0 Å². The second-order valence-electron chi connectivity index (χ2n) is 4.69. The van der Waals surface area contributed by atoms with Crippen molar-refractivity contribution in [3.8, 4) is 0 Å². The minimum Gasteiger partial charge on any atom is -0.478 e. The molecule has 0 aliphatic heterocycles. The maximum Gasteiger partial charge on any atom is 0.335 e. The van der Waals surface area contributed by atoms with Crippen LogP contribution in [0.15, 0.2) is 23.1 Å². The van der Waals surface area contributed by atoms with Crippen LogP contribution < -0.4 is 10.0 Å². The third-order valence-electron chi connectivity index (χ3n) is 2.91. The quantitative estimate of drug-likeness (QED) is 0.608. The van der Waals surface area contributed by atoms with E-state index in [0.717, 1.165) is 19.3 Å². The van der Waals surface area contributed by atoms with E-state index in [1.165, 1.54) is 18.2 Å². The highest BCUT2D eigenvalue weighted by Crippen LogP contribution is 2.23. The van der Waals surface area contributed by atoms with Gasteiger partial charge in [0, 0.05) is 13.1 Å². The number of carboxylic acid groups (broad SMARTS) is 1. The highest BCUT2D eigenvalue weighted by molar-refractivity contribution is 7.89. The first kappa shape index (κ1) is 17.5. The zero-order chi connectivity index (χ0) is 15.9. The van der Waals surface area contributed by atoms with E-state index in [-0.39, 0.29) is 10.5 Å². The van der Waals surface area contributed by atoms with Gasteiger partial charge >= 0.3 is 5.97 Å². The summed E-state index contributed by atoms with van der Waals surface area (Å²) in [6.07, 6.45) is 2.44. The van der Waals surface area contributed by atoms with Crippen LogP contribution in [0, 0.1) is 0 Å². The molecular formula is C14H22N2O4S. The molecule has 0 aliphatic rings. The van der Waals surface area contributed by atoms with E-state index in [4.69, 9.17) is 5.11 Å². The number of benzene rings is 1. The highest BCUT2D eigenvalue weighted by Gasteiger charge is 2.20. The molecule has 1 rings (SSSR count). The van der Waals surface area contributed by atoms with Crippen molar-refractivity contribution in [1.29, 1.82) is 0 Å². The Morgan fingerprint density at radius 1 is 1.19 bits per heavy atom. The Morgan fingerprint density at radius 2 is 1.90 bits per heavy atom. The van der Waals surface area contributed by atoms with Crippen LogP contribution in [0.1, 0.15) is 43.5 Å². The number of unbranched alkanes of at least 4 members (excludes halogenated alkanes) is 1. The zero-order valence-corrected chi connectivity index (χ0v) is 13.2. The van der Waals surface area contributed by atoms with Crippen molar-refractivity contribution >= 4 is 21.7 Å². The SMILES string of the molecule is CCCCNS(=O)(=O)c1cc(C(=O)O)ccc1NCCC. The van der Waals surface area contributed by atoms with E-state index in [2.05, 4.69) is 10.0 Å². The highest BCUT2D eigenvalue weighted by atomic mass is 32.2. The van der Waals surface area contributed by atoms with Gasteiger partial charge < -0.3 is 10.4 Å². The lowest BCUT2D eigenvalue weighted by Crippen LogP contribution is -2.26. The van der Waals surface area contributed by atoms with Crippen LogP contribution in [0.2, 0.25) is 0 Å². The summed E-state index contributed by atoms with van der Waals surface area (Å²) in [4.78, 5) is 11.0. The molecule has 0 aromatic heterocycles. The van der Waals surface area contributed by atoms with Gasteiger partial charge in [-0.15, -0.1) is 0 Å². The van der Waals surface area contributed by atoms with Crippen molar-refractivity contribution in [3.05, 3.63) is 23.8 Å². The molecule has 118 valence electrons. The third-order valence-corrected chi connectivity index (χ3v) is 4.41. The summed E-state index contributed by atoms with van der Waals surface area (Å²) in [5.74, 6) is -1.15. The molecule has 0 unspecified atom stereocenters. The molecule has 0 saturated carbocycles. The summed E-state index contributed by atoms with van der Waals surface area (Å²) in [6, 6.07) is 4.08. The zero-order valence-electron chi connectivity index (χ0n) is 12.3. The molecule has 7 heteroatoms. The molecule has 0 heterocycles. The maximum absolute atomic E-state index is 12.3. The van der Waals surface area contributed by atoms with Crippen LogP contribution in [-0.2, 0) is 10.0 Å². The number of sulfonamides is 1. The van der Waals surface area contributed by atoms with E-state index in [1.54, 1.807) is 0 Å². The fraction of sp³-hybridized carbons (Fsp3) is 0.500. The Kier molecular flexibility index (Phi) is 6.64. The van der Waals surface area contributed by atoms with Gasteiger partial charge in [-0.1, -0.05) is 20.3 Å². The molecule has 0 amide bonds. The molecule has 0 atom stereocenters. The summed E-state index contributed by atoms with van der Waals surface area (Å²) in [6.45, 7) is 4.88. The molecule has 0 aliphatic carbocycles. The average molecular weight is 314 g/mol. The van der Waals surface area contributed by atoms with Gasteiger partial charge in [0.2, 0.25) is 10.0 Å². The summed E-state index contributed by atoms with van der Waals surface area (Å²) < 4.78 is 27.1. The molecule has 0 bridgehead atoms. The Morgan fingerprint density at radius 3 is 2.48 bits per heavy atom. The minimum atomic E-state index is -3.73. The largest absolute Gasteiger partial charge is 0.478 e. The van der Waals surface area contributed by atoms with Crippen LogP contribution in [-0.4, -0.2) is 32.6 Å². The van der Waals surface area contributed by atoms with Crippen LogP contribution in [0.5, 0.6) is 0 Å². The first-order chi connectivity index (χ1) is 9.92. The van der Waals surface area contributed by atoms with Gasteiger partial charge in [0.05, 0.1) is 11.3 Å². The van der Waals surface area contributed by atoms with E-state index in [1.807, 2.05) is 13.8 Å². The van der Waals surface area contributed by atoms with Crippen LogP contribution >= 0.6 is 0 Å². The first-order valence-electron chi connectivity index (χ1n) is 7.03. The normalized spacial score (nSPS) is 11.3. The number of anilines is 1. The Hall–Kier alpha value is -1.60. The fourth-order valence-electron chi connectivity index (χ4n) is 1.74. The maximum atomic E-state index is 12.3. The number of hydrogen-bond acceptors (Lipinski definition) is 4. The second-order valence-corrected chi connectivity index (χ2v) is 6.43. The van der Waals surface area contributed by atoms with Crippen molar-refractivity contribution in [3.63, 3.8) is 0 Å². The molecule has 0 spiro atoms. The standard InChI is InChI=1S/C14H22N2O4S/c1-3-5-9-16-21(19,20)13-10-11(14(17)18)6-7-12(13)15-8-4-2/h6-7,10,15-16H,3-5,8-9H2,1-2H3,(H,17,18). The number of nitrogens with one attached hydrogen (secondary N) is 2.